The second-order valence-electron chi connectivity index (χ2n) is 14.3. The van der Waals surface area contributed by atoms with E-state index in [1.165, 1.54) is 37.7 Å². The van der Waals surface area contributed by atoms with Crippen molar-refractivity contribution >= 4 is 50.2 Å². The Hall–Kier alpha value is -4.51. The molecule has 0 spiro atoms. The van der Waals surface area contributed by atoms with Gasteiger partial charge in [-0.3, -0.25) is 18.9 Å². The number of nitrogens with zero attached hydrogens (tertiary/aromatic N) is 5. The Balaban J connectivity index is 0.00000549. The summed E-state index contributed by atoms with van der Waals surface area (Å²) in [4.78, 5) is 30.5. The van der Waals surface area contributed by atoms with Crippen molar-refractivity contribution in [1.29, 1.82) is 0 Å². The molecule has 1 saturated carbocycles. The topological polar surface area (TPSA) is 184 Å². The van der Waals surface area contributed by atoms with Gasteiger partial charge >= 0.3 is 29.6 Å². The molecule has 7 rings (SSSR count). The molecule has 20 heteroatoms. The Morgan fingerprint density at radius 2 is 1.79 bits per heavy atom. The molecule has 13 nitrogen and oxygen atoms in total. The number of pyridine rings is 1. The number of carboxylic acid groups (broad SMARTS) is 1. The first-order valence-electron chi connectivity index (χ1n) is 17.0. The van der Waals surface area contributed by atoms with Crippen molar-refractivity contribution in [2.24, 2.45) is 13.0 Å². The molecule has 1 amide bonds. The molecule has 5 aromatic rings. The molecule has 0 saturated heterocycles. The Morgan fingerprint density at radius 1 is 1.12 bits per heavy atom. The number of hydrogen-bond acceptors (Lipinski definition) is 9. The van der Waals surface area contributed by atoms with Crippen LogP contribution in [0, 0.1) is 29.4 Å². The fourth-order valence-corrected chi connectivity index (χ4v) is 7.92. The van der Waals surface area contributed by atoms with Crippen LogP contribution in [0.2, 0.25) is 5.02 Å². The molecule has 292 valence electrons. The number of benzene rings is 2. The normalized spacial score (nSPS) is 17.2. The number of amides is 1. The third-order valence-corrected chi connectivity index (χ3v) is 10.3. The maximum atomic E-state index is 15.4. The minimum atomic E-state index is -3.82. The number of rotatable bonds is 10. The third kappa shape index (κ3) is 8.41. The molecule has 0 radical (unpaired) electrons. The van der Waals surface area contributed by atoms with Crippen LogP contribution in [0.15, 0.2) is 42.5 Å². The zero-order valence-corrected chi connectivity index (χ0v) is 34.5. The predicted octanol–water partition coefficient (Wildman–Crippen LogP) is 0.934. The summed E-state index contributed by atoms with van der Waals surface area (Å²) in [5.41, 5.74) is -1.86. The van der Waals surface area contributed by atoms with Gasteiger partial charge in [-0.15, -0.1) is 0 Å². The van der Waals surface area contributed by atoms with Crippen LogP contribution in [0.25, 0.3) is 22.0 Å². The average molecular weight is 836 g/mol. The van der Waals surface area contributed by atoms with Gasteiger partial charge in [0.15, 0.2) is 5.82 Å². The molecule has 2 aliphatic rings. The van der Waals surface area contributed by atoms with Crippen LogP contribution in [0.4, 0.5) is 23.4 Å². The van der Waals surface area contributed by atoms with E-state index >= 15 is 8.78 Å². The SMILES string of the molecule is Cn1nc(NS(C)(=O)=O)c2c(Cl)ccc(-c3ccc(C#CC(C)(C)O)nc3[C@H](Cc3cc(F)cc(F)c3)NC(=O)Cn3nc(C(=O)[O-])c4c3C(F)(F)[C@@H]3C[C@H]43)c21.[Na+]. The van der Waals surface area contributed by atoms with Crippen LogP contribution in [0.5, 0.6) is 0 Å². The first kappa shape index (κ1) is 42.1. The number of aromatic carboxylic acids is 1. The van der Waals surface area contributed by atoms with Crippen LogP contribution in [0.1, 0.15) is 70.9 Å². The summed E-state index contributed by atoms with van der Waals surface area (Å²) in [7, 11) is -2.29. The molecule has 2 aromatic carbocycles. The van der Waals surface area contributed by atoms with Gasteiger partial charge in [0.25, 0.3) is 5.92 Å². The Labute approximate surface area is 350 Å². The van der Waals surface area contributed by atoms with Gasteiger partial charge in [0.2, 0.25) is 15.9 Å². The first-order valence-corrected chi connectivity index (χ1v) is 19.2. The van der Waals surface area contributed by atoms with Crippen LogP contribution >= 0.6 is 11.6 Å². The molecule has 0 unspecified atom stereocenters. The molecule has 57 heavy (non-hydrogen) atoms. The Bertz CT molecular complexity index is 2650. The molecule has 3 aromatic heterocycles. The average Bonchev–Trinajstić information content (AvgIpc) is 3.62. The van der Waals surface area contributed by atoms with Crippen molar-refractivity contribution in [1.82, 2.24) is 29.9 Å². The molecule has 1 fully saturated rings. The van der Waals surface area contributed by atoms with E-state index in [4.69, 9.17) is 16.6 Å². The van der Waals surface area contributed by atoms with Gasteiger partial charge in [-0.05, 0) is 74.4 Å². The quantitative estimate of drug-likeness (QED) is 0.105. The number of nitrogens with one attached hydrogen (secondary N) is 2. The van der Waals surface area contributed by atoms with Gasteiger partial charge in [-0.1, -0.05) is 23.6 Å². The van der Waals surface area contributed by atoms with Gasteiger partial charge in [0, 0.05) is 35.7 Å². The molecule has 3 N–H and O–H groups in total. The number of aryl methyl sites for hydroxylation is 1. The Morgan fingerprint density at radius 3 is 2.42 bits per heavy atom. The van der Waals surface area contributed by atoms with Gasteiger partial charge in [0.05, 0.1) is 39.9 Å². The van der Waals surface area contributed by atoms with E-state index in [-0.39, 0.29) is 86.7 Å². The summed E-state index contributed by atoms with van der Waals surface area (Å²) >= 11 is 6.58. The summed E-state index contributed by atoms with van der Waals surface area (Å²) in [5.74, 6) is -4.58. The maximum Gasteiger partial charge on any atom is 1.00 e. The van der Waals surface area contributed by atoms with Crippen molar-refractivity contribution in [3.05, 3.63) is 93.0 Å². The van der Waals surface area contributed by atoms with E-state index in [1.807, 2.05) is 0 Å². The Kier molecular flexibility index (Phi) is 11.1. The maximum absolute atomic E-state index is 15.4. The zero-order valence-electron chi connectivity index (χ0n) is 30.9. The number of fused-ring (bicyclic) bond motifs is 4. The molecule has 0 aliphatic heterocycles. The van der Waals surface area contributed by atoms with E-state index in [1.54, 1.807) is 12.1 Å². The van der Waals surface area contributed by atoms with E-state index < -0.39 is 80.9 Å². The van der Waals surface area contributed by atoms with Crippen molar-refractivity contribution in [3.8, 4) is 23.0 Å². The van der Waals surface area contributed by atoms with E-state index in [2.05, 4.69) is 32.1 Å². The van der Waals surface area contributed by atoms with Crippen molar-refractivity contribution in [3.63, 3.8) is 0 Å². The summed E-state index contributed by atoms with van der Waals surface area (Å²) in [6.45, 7) is 2.01. The van der Waals surface area contributed by atoms with Gasteiger partial charge in [-0.2, -0.15) is 19.0 Å². The van der Waals surface area contributed by atoms with Crippen LogP contribution in [-0.2, 0) is 40.8 Å². The second kappa shape index (κ2) is 15.0. The number of hydrogen-bond donors (Lipinski definition) is 3. The number of carbonyl (C=O) groups excluding carboxylic acids is 2. The summed E-state index contributed by atoms with van der Waals surface area (Å²) < 4.78 is 88.7. The van der Waals surface area contributed by atoms with E-state index in [0.29, 0.717) is 21.8 Å². The molecular weight excluding hydrogens is 805 g/mol. The van der Waals surface area contributed by atoms with Gasteiger partial charge < -0.3 is 20.3 Å². The number of sulfonamides is 1. The number of anilines is 1. The zero-order chi connectivity index (χ0) is 40.6. The number of alkyl halides is 2. The van der Waals surface area contributed by atoms with Gasteiger partial charge in [-0.25, -0.2) is 22.2 Å². The summed E-state index contributed by atoms with van der Waals surface area (Å²) in [5, 5.41) is 33.4. The second-order valence-corrected chi connectivity index (χ2v) is 16.5. The van der Waals surface area contributed by atoms with Crippen molar-refractivity contribution in [2.45, 2.75) is 56.7 Å². The monoisotopic (exact) mass is 835 g/mol. The third-order valence-electron chi connectivity index (χ3n) is 9.38. The van der Waals surface area contributed by atoms with E-state index in [9.17, 15) is 37.0 Å². The van der Waals surface area contributed by atoms with Crippen LogP contribution in [0.3, 0.4) is 0 Å². The van der Waals surface area contributed by atoms with E-state index in [0.717, 1.165) is 18.4 Å². The predicted molar refractivity (Wildman–Crippen MR) is 193 cm³/mol. The molecule has 3 atom stereocenters. The number of aliphatic hydroxyl groups is 1. The molecule has 2 aliphatic carbocycles. The van der Waals surface area contributed by atoms with Gasteiger partial charge in [0.1, 0.15) is 40.9 Å². The number of carbonyl (C=O) groups is 2. The standard InChI is InChI=1S/C37H32ClF4N7O6S.Na/c1-36(2,53)10-9-20-5-6-21(22-7-8-25(38)29-32(22)48(3)46-34(29)47-56(4,54)55)30(43-20)26(13-17-11-18(39)14-19(40)12-17)44-27(50)16-49-33-28(31(45-49)35(51)52)23-15-24(23)37(33,41)42;/h5-8,11-12,14,23-24,26,53H,13,15-16H2,1-4H3,(H,44,50)(H,46,47)(H,51,52);/q;+1/p-1/t23-,24+,26-;/m0./s1. The summed E-state index contributed by atoms with van der Waals surface area (Å²) in [6.07, 6.45) is 0.670. The smallest absolute Gasteiger partial charge is 0.543 e. The fraction of sp³-hybridized carbons (Fsp3) is 0.324. The number of halogens is 5. The van der Waals surface area contributed by atoms with Crippen LogP contribution in [-0.4, -0.2) is 61.8 Å². The van der Waals surface area contributed by atoms with Crippen LogP contribution < -0.4 is 44.7 Å². The number of aromatic nitrogens is 5. The summed E-state index contributed by atoms with van der Waals surface area (Å²) in [6, 6.07) is 7.56. The molecule has 0 bridgehead atoms. The number of carboxylic acids is 1. The molecular formula is C37H31ClF4N7NaO6S. The molecule has 3 heterocycles. The largest absolute Gasteiger partial charge is 1.00 e. The fourth-order valence-electron chi connectivity index (χ4n) is 7.19. The van der Waals surface area contributed by atoms with Crippen molar-refractivity contribution in [2.75, 3.05) is 11.0 Å². The van der Waals surface area contributed by atoms with Crippen molar-refractivity contribution < 1.29 is 75.3 Å². The minimum Gasteiger partial charge on any atom is -0.543 e. The minimum absolute atomic E-state index is 0. The first-order chi connectivity index (χ1) is 26.1.